The second-order valence-electron chi connectivity index (χ2n) is 4.92. The number of halogens is 1. The minimum Gasteiger partial charge on any atom is -0.493 e. The van der Waals surface area contributed by atoms with Crippen molar-refractivity contribution in [1.82, 2.24) is 0 Å². The van der Waals surface area contributed by atoms with Gasteiger partial charge < -0.3 is 14.6 Å². The lowest BCUT2D eigenvalue weighted by Crippen LogP contribution is -2.25. The van der Waals surface area contributed by atoms with Crippen molar-refractivity contribution in [2.24, 2.45) is 0 Å². The van der Waals surface area contributed by atoms with Crippen molar-refractivity contribution in [3.05, 3.63) is 28.8 Å². The van der Waals surface area contributed by atoms with E-state index < -0.39 is 6.10 Å². The van der Waals surface area contributed by atoms with Crippen LogP contribution in [0.5, 0.6) is 5.75 Å². The summed E-state index contributed by atoms with van der Waals surface area (Å²) >= 11 is 5.90. The van der Waals surface area contributed by atoms with Crippen molar-refractivity contribution >= 4 is 11.6 Å². The highest BCUT2D eigenvalue weighted by Crippen LogP contribution is 2.28. The summed E-state index contributed by atoms with van der Waals surface area (Å²) in [5, 5.41) is 10.3. The molecule has 1 aromatic carbocycles. The molecule has 1 N–H and O–H groups in total. The first-order chi connectivity index (χ1) is 8.35. The quantitative estimate of drug-likeness (QED) is 0.860. The largest absolute Gasteiger partial charge is 0.493 e. The zero-order valence-electron chi connectivity index (χ0n) is 11.4. The van der Waals surface area contributed by atoms with Crippen LogP contribution in [0.3, 0.4) is 0 Å². The summed E-state index contributed by atoms with van der Waals surface area (Å²) < 4.78 is 11.0. The molecule has 1 rings (SSSR count). The molecule has 0 aliphatic rings. The minimum atomic E-state index is -0.603. The van der Waals surface area contributed by atoms with Gasteiger partial charge in [-0.1, -0.05) is 11.6 Å². The van der Waals surface area contributed by atoms with Gasteiger partial charge in [-0.15, -0.1) is 0 Å². The number of rotatable bonds is 6. The standard InChI is InChI=1S/C14H21ClO3/c1-10(16)12-9-11(15)5-6-13(12)18-8-7-14(2,3)17-4/h5-6,9-10,16H,7-8H2,1-4H3. The molecule has 1 unspecified atom stereocenters. The Hall–Kier alpha value is -0.770. The van der Waals surface area contributed by atoms with Gasteiger partial charge in [-0.05, 0) is 39.0 Å². The fourth-order valence-corrected chi connectivity index (χ4v) is 1.67. The third kappa shape index (κ3) is 4.48. The molecule has 1 aromatic rings. The maximum atomic E-state index is 9.67. The van der Waals surface area contributed by atoms with Gasteiger partial charge in [0, 0.05) is 24.1 Å². The van der Waals surface area contributed by atoms with E-state index in [2.05, 4.69) is 0 Å². The number of benzene rings is 1. The van der Waals surface area contributed by atoms with E-state index in [0.717, 1.165) is 6.42 Å². The summed E-state index contributed by atoms with van der Waals surface area (Å²) in [4.78, 5) is 0. The number of aliphatic hydroxyl groups excluding tert-OH is 1. The van der Waals surface area contributed by atoms with E-state index in [-0.39, 0.29) is 5.60 Å². The maximum Gasteiger partial charge on any atom is 0.125 e. The summed E-state index contributed by atoms with van der Waals surface area (Å²) in [5.74, 6) is 0.668. The third-order valence-electron chi connectivity index (χ3n) is 2.94. The van der Waals surface area contributed by atoms with Gasteiger partial charge >= 0.3 is 0 Å². The molecule has 4 heteroatoms. The van der Waals surface area contributed by atoms with Crippen LogP contribution in [0.15, 0.2) is 18.2 Å². The number of hydrogen-bond donors (Lipinski definition) is 1. The molecule has 0 aliphatic carbocycles. The van der Waals surface area contributed by atoms with Crippen molar-refractivity contribution in [1.29, 1.82) is 0 Å². The first-order valence-corrected chi connectivity index (χ1v) is 6.39. The monoisotopic (exact) mass is 272 g/mol. The van der Waals surface area contributed by atoms with E-state index in [0.29, 0.717) is 22.9 Å². The van der Waals surface area contributed by atoms with E-state index in [9.17, 15) is 5.11 Å². The molecule has 0 radical (unpaired) electrons. The first-order valence-electron chi connectivity index (χ1n) is 6.01. The summed E-state index contributed by atoms with van der Waals surface area (Å²) in [6, 6.07) is 5.26. The van der Waals surface area contributed by atoms with Gasteiger partial charge in [0.2, 0.25) is 0 Å². The molecule has 0 aliphatic heterocycles. The van der Waals surface area contributed by atoms with Gasteiger partial charge in [0.25, 0.3) is 0 Å². The highest BCUT2D eigenvalue weighted by molar-refractivity contribution is 6.30. The van der Waals surface area contributed by atoms with Crippen LogP contribution >= 0.6 is 11.6 Å². The SMILES string of the molecule is COC(C)(C)CCOc1ccc(Cl)cc1C(C)O. The molecule has 0 saturated carbocycles. The molecule has 0 heterocycles. The van der Waals surface area contributed by atoms with Crippen LogP contribution in [0, 0.1) is 0 Å². The van der Waals surface area contributed by atoms with E-state index in [1.807, 2.05) is 13.8 Å². The van der Waals surface area contributed by atoms with Crippen molar-refractivity contribution < 1.29 is 14.6 Å². The second kappa shape index (κ2) is 6.41. The highest BCUT2D eigenvalue weighted by atomic mass is 35.5. The molecule has 0 amide bonds. The van der Waals surface area contributed by atoms with Gasteiger partial charge in [0.05, 0.1) is 18.3 Å². The Morgan fingerprint density at radius 1 is 1.39 bits per heavy atom. The van der Waals surface area contributed by atoms with E-state index in [1.54, 1.807) is 32.2 Å². The van der Waals surface area contributed by atoms with Crippen molar-refractivity contribution in [2.45, 2.75) is 38.9 Å². The highest BCUT2D eigenvalue weighted by Gasteiger charge is 2.17. The lowest BCUT2D eigenvalue weighted by Gasteiger charge is -2.23. The average molecular weight is 273 g/mol. The van der Waals surface area contributed by atoms with Crippen LogP contribution in [-0.2, 0) is 4.74 Å². The van der Waals surface area contributed by atoms with Crippen LogP contribution in [0.4, 0.5) is 0 Å². The Kier molecular flexibility index (Phi) is 5.45. The zero-order valence-corrected chi connectivity index (χ0v) is 12.1. The molecular formula is C14H21ClO3. The van der Waals surface area contributed by atoms with Crippen LogP contribution in [0.1, 0.15) is 38.9 Å². The molecule has 0 saturated heterocycles. The zero-order chi connectivity index (χ0) is 13.8. The van der Waals surface area contributed by atoms with Gasteiger partial charge in [-0.25, -0.2) is 0 Å². The molecule has 3 nitrogen and oxygen atoms in total. The predicted molar refractivity (Wildman–Crippen MR) is 73.3 cm³/mol. The fourth-order valence-electron chi connectivity index (χ4n) is 1.49. The Morgan fingerprint density at radius 2 is 2.06 bits per heavy atom. The molecule has 0 bridgehead atoms. The summed E-state index contributed by atoms with van der Waals surface area (Å²) in [7, 11) is 1.68. The Labute approximate surface area is 114 Å². The summed E-state index contributed by atoms with van der Waals surface area (Å²) in [5.41, 5.74) is 0.495. The topological polar surface area (TPSA) is 38.7 Å². The van der Waals surface area contributed by atoms with E-state index >= 15 is 0 Å². The normalized spacial score (nSPS) is 13.4. The molecular weight excluding hydrogens is 252 g/mol. The van der Waals surface area contributed by atoms with Crippen LogP contribution < -0.4 is 4.74 Å². The Bertz CT molecular complexity index is 389. The predicted octanol–water partition coefficient (Wildman–Crippen LogP) is 3.59. The minimum absolute atomic E-state index is 0.211. The smallest absolute Gasteiger partial charge is 0.125 e. The molecule has 1 atom stereocenters. The first kappa shape index (κ1) is 15.3. The van der Waals surface area contributed by atoms with Crippen LogP contribution in [0.25, 0.3) is 0 Å². The summed E-state index contributed by atoms with van der Waals surface area (Å²) in [6.45, 7) is 6.24. The van der Waals surface area contributed by atoms with Crippen molar-refractivity contribution in [3.63, 3.8) is 0 Å². The maximum absolute atomic E-state index is 9.67. The van der Waals surface area contributed by atoms with Gasteiger partial charge in [0.1, 0.15) is 5.75 Å². The molecule has 0 fully saturated rings. The van der Waals surface area contributed by atoms with E-state index in [4.69, 9.17) is 21.1 Å². The van der Waals surface area contributed by atoms with E-state index in [1.165, 1.54) is 0 Å². The molecule has 18 heavy (non-hydrogen) atoms. The lowest BCUT2D eigenvalue weighted by atomic mass is 10.1. The van der Waals surface area contributed by atoms with Crippen molar-refractivity contribution in [2.75, 3.05) is 13.7 Å². The molecule has 0 spiro atoms. The van der Waals surface area contributed by atoms with Gasteiger partial charge in [-0.3, -0.25) is 0 Å². The molecule has 0 aromatic heterocycles. The van der Waals surface area contributed by atoms with Gasteiger partial charge in [-0.2, -0.15) is 0 Å². The molecule has 102 valence electrons. The third-order valence-corrected chi connectivity index (χ3v) is 3.17. The van der Waals surface area contributed by atoms with Crippen LogP contribution in [-0.4, -0.2) is 24.4 Å². The number of ether oxygens (including phenoxy) is 2. The second-order valence-corrected chi connectivity index (χ2v) is 5.36. The van der Waals surface area contributed by atoms with Gasteiger partial charge in [0.15, 0.2) is 0 Å². The Morgan fingerprint density at radius 3 is 2.61 bits per heavy atom. The Balaban J connectivity index is 2.67. The number of hydrogen-bond acceptors (Lipinski definition) is 3. The summed E-state index contributed by atoms with van der Waals surface area (Å²) in [6.07, 6.45) is 0.167. The lowest BCUT2D eigenvalue weighted by molar-refractivity contribution is 0.00522. The number of aliphatic hydroxyl groups is 1. The number of methoxy groups -OCH3 is 1. The van der Waals surface area contributed by atoms with Crippen molar-refractivity contribution in [3.8, 4) is 5.75 Å². The van der Waals surface area contributed by atoms with Crippen LogP contribution in [0.2, 0.25) is 5.02 Å². The average Bonchev–Trinajstić information content (AvgIpc) is 2.30. The fraction of sp³-hybridized carbons (Fsp3) is 0.571.